The Balaban J connectivity index is 2.11. The second-order valence-electron chi connectivity index (χ2n) is 4.22. The maximum Gasteiger partial charge on any atom is 0.241 e. The highest BCUT2D eigenvalue weighted by Crippen LogP contribution is 2.25. The zero-order chi connectivity index (χ0) is 13.9. The molecule has 1 aromatic carbocycles. The zero-order valence-electron chi connectivity index (χ0n) is 10.1. The van der Waals surface area contributed by atoms with Crippen LogP contribution in [0.1, 0.15) is 6.42 Å². The van der Waals surface area contributed by atoms with Crippen molar-refractivity contribution in [3.05, 3.63) is 38.8 Å². The van der Waals surface area contributed by atoms with Crippen LogP contribution in [-0.2, 0) is 10.0 Å². The maximum absolute atomic E-state index is 12.2. The number of rotatable bonds is 4. The van der Waals surface area contributed by atoms with Crippen molar-refractivity contribution in [1.82, 2.24) is 10.0 Å². The summed E-state index contributed by atoms with van der Waals surface area (Å²) in [5.74, 6) is 0. The average Bonchev–Trinajstić information content (AvgIpc) is 2.37. The van der Waals surface area contributed by atoms with Gasteiger partial charge in [-0.1, -0.05) is 27.6 Å². The summed E-state index contributed by atoms with van der Waals surface area (Å²) in [6.07, 6.45) is 2.91. The molecule has 0 bridgehead atoms. The van der Waals surface area contributed by atoms with Gasteiger partial charge in [-0.05, 0) is 47.1 Å². The molecule has 0 atom stereocenters. The zero-order valence-corrected chi connectivity index (χ0v) is 14.1. The molecule has 1 aliphatic rings. The van der Waals surface area contributed by atoms with Gasteiger partial charge >= 0.3 is 0 Å². The highest BCUT2D eigenvalue weighted by molar-refractivity contribution is 9.11. The van der Waals surface area contributed by atoms with E-state index in [1.165, 1.54) is 0 Å². The molecule has 0 saturated heterocycles. The van der Waals surface area contributed by atoms with E-state index in [2.05, 4.69) is 41.9 Å². The van der Waals surface area contributed by atoms with Crippen molar-refractivity contribution >= 4 is 41.9 Å². The quantitative estimate of drug-likeness (QED) is 0.750. The van der Waals surface area contributed by atoms with Gasteiger partial charge in [-0.15, -0.1) is 0 Å². The highest BCUT2D eigenvalue weighted by atomic mass is 79.9. The maximum atomic E-state index is 12.2. The van der Waals surface area contributed by atoms with E-state index in [0.717, 1.165) is 29.6 Å². The standard InChI is InChI=1S/C12H14Br2N2O2S/c13-10-1-2-12(11(14)7-10)19(17,18)16-8-9-3-5-15-6-4-9/h1-3,7,15-16H,4-6,8H2. The monoisotopic (exact) mass is 408 g/mol. The number of hydrogen-bond acceptors (Lipinski definition) is 3. The molecule has 0 radical (unpaired) electrons. The van der Waals surface area contributed by atoms with Crippen molar-refractivity contribution in [2.45, 2.75) is 11.3 Å². The van der Waals surface area contributed by atoms with Crippen molar-refractivity contribution in [1.29, 1.82) is 0 Å². The normalized spacial score (nSPS) is 16.2. The molecule has 0 aromatic heterocycles. The average molecular weight is 410 g/mol. The van der Waals surface area contributed by atoms with Crippen LogP contribution in [0.15, 0.2) is 43.7 Å². The Hall–Kier alpha value is -0.210. The molecule has 1 aromatic rings. The van der Waals surface area contributed by atoms with Gasteiger partial charge < -0.3 is 5.32 Å². The molecule has 0 fully saturated rings. The minimum atomic E-state index is -3.49. The van der Waals surface area contributed by atoms with E-state index in [1.807, 2.05) is 6.08 Å². The van der Waals surface area contributed by atoms with E-state index in [0.29, 0.717) is 11.0 Å². The third-order valence-electron chi connectivity index (χ3n) is 2.83. The molecule has 0 spiro atoms. The largest absolute Gasteiger partial charge is 0.313 e. The second-order valence-corrected chi connectivity index (χ2v) is 7.72. The summed E-state index contributed by atoms with van der Waals surface area (Å²) in [5.41, 5.74) is 1.12. The van der Waals surface area contributed by atoms with Gasteiger partial charge in [0.25, 0.3) is 0 Å². The fraction of sp³-hybridized carbons (Fsp3) is 0.333. The lowest BCUT2D eigenvalue weighted by molar-refractivity contribution is 0.581. The molecule has 0 aliphatic carbocycles. The Labute approximate surface area is 130 Å². The van der Waals surface area contributed by atoms with Gasteiger partial charge in [0.05, 0.1) is 4.90 Å². The number of sulfonamides is 1. The Kier molecular flexibility index (Phi) is 5.19. The van der Waals surface area contributed by atoms with Gasteiger partial charge in [0.15, 0.2) is 0 Å². The van der Waals surface area contributed by atoms with Crippen LogP contribution in [0.5, 0.6) is 0 Å². The van der Waals surface area contributed by atoms with Gasteiger partial charge in [0.1, 0.15) is 0 Å². The van der Waals surface area contributed by atoms with E-state index in [9.17, 15) is 8.42 Å². The first-order valence-electron chi connectivity index (χ1n) is 5.82. The van der Waals surface area contributed by atoms with Gasteiger partial charge in [-0.25, -0.2) is 13.1 Å². The molecular formula is C12H14Br2N2O2S. The Morgan fingerprint density at radius 3 is 2.74 bits per heavy atom. The van der Waals surface area contributed by atoms with Gasteiger partial charge in [0, 0.05) is 22.0 Å². The first-order chi connectivity index (χ1) is 8.99. The predicted molar refractivity (Wildman–Crippen MR) is 82.6 cm³/mol. The molecule has 2 N–H and O–H groups in total. The number of hydrogen-bond donors (Lipinski definition) is 2. The summed E-state index contributed by atoms with van der Waals surface area (Å²) < 4.78 is 28.4. The molecule has 0 amide bonds. The molecule has 0 saturated carbocycles. The van der Waals surface area contributed by atoms with Crippen molar-refractivity contribution in [3.63, 3.8) is 0 Å². The lowest BCUT2D eigenvalue weighted by Gasteiger charge is -2.15. The van der Waals surface area contributed by atoms with E-state index < -0.39 is 10.0 Å². The van der Waals surface area contributed by atoms with Gasteiger partial charge in [-0.3, -0.25) is 0 Å². The number of benzene rings is 1. The summed E-state index contributed by atoms with van der Waals surface area (Å²) in [6, 6.07) is 5.01. The van der Waals surface area contributed by atoms with E-state index in [4.69, 9.17) is 0 Å². The van der Waals surface area contributed by atoms with Crippen LogP contribution in [0.2, 0.25) is 0 Å². The molecule has 1 aliphatic heterocycles. The van der Waals surface area contributed by atoms with Crippen LogP contribution in [-0.4, -0.2) is 28.1 Å². The van der Waals surface area contributed by atoms with Crippen LogP contribution < -0.4 is 10.0 Å². The van der Waals surface area contributed by atoms with Crippen LogP contribution in [0, 0.1) is 0 Å². The minimum Gasteiger partial charge on any atom is -0.313 e. The van der Waals surface area contributed by atoms with Gasteiger partial charge in [-0.2, -0.15) is 0 Å². The third-order valence-corrected chi connectivity index (χ3v) is 5.70. The van der Waals surface area contributed by atoms with Crippen molar-refractivity contribution in [3.8, 4) is 0 Å². The predicted octanol–water partition coefficient (Wildman–Crippen LogP) is 2.41. The summed E-state index contributed by atoms with van der Waals surface area (Å²) in [4.78, 5) is 0.255. The summed E-state index contributed by atoms with van der Waals surface area (Å²) >= 11 is 6.58. The summed E-state index contributed by atoms with van der Waals surface area (Å²) in [6.45, 7) is 2.07. The van der Waals surface area contributed by atoms with Crippen LogP contribution >= 0.6 is 31.9 Å². The molecule has 0 unspecified atom stereocenters. The summed E-state index contributed by atoms with van der Waals surface area (Å²) in [7, 11) is -3.49. The highest BCUT2D eigenvalue weighted by Gasteiger charge is 2.18. The second kappa shape index (κ2) is 6.49. The van der Waals surface area contributed by atoms with E-state index in [-0.39, 0.29) is 4.90 Å². The summed E-state index contributed by atoms with van der Waals surface area (Å²) in [5, 5.41) is 3.19. The Morgan fingerprint density at radius 1 is 1.32 bits per heavy atom. The van der Waals surface area contributed by atoms with Crippen molar-refractivity contribution in [2.24, 2.45) is 0 Å². The minimum absolute atomic E-state index is 0.255. The number of nitrogens with one attached hydrogen (secondary N) is 2. The van der Waals surface area contributed by atoms with Crippen molar-refractivity contribution < 1.29 is 8.42 Å². The molecule has 7 heteroatoms. The fourth-order valence-corrected chi connectivity index (χ4v) is 4.57. The topological polar surface area (TPSA) is 58.2 Å². The van der Waals surface area contributed by atoms with Crippen molar-refractivity contribution in [2.75, 3.05) is 19.6 Å². The fourth-order valence-electron chi connectivity index (χ4n) is 1.79. The van der Waals surface area contributed by atoms with Gasteiger partial charge in [0.2, 0.25) is 10.0 Å². The molecule has 2 rings (SSSR count). The number of halogens is 2. The first kappa shape index (κ1) is 15.2. The Morgan fingerprint density at radius 2 is 2.11 bits per heavy atom. The Bertz CT molecular complexity index is 600. The van der Waals surface area contributed by atoms with E-state index in [1.54, 1.807) is 18.2 Å². The van der Waals surface area contributed by atoms with Crippen LogP contribution in [0.25, 0.3) is 0 Å². The SMILES string of the molecule is O=S(=O)(NCC1=CCNCC1)c1ccc(Br)cc1Br. The molecule has 4 nitrogen and oxygen atoms in total. The first-order valence-corrected chi connectivity index (χ1v) is 8.89. The van der Waals surface area contributed by atoms with Crippen LogP contribution in [0.3, 0.4) is 0 Å². The molecular weight excluding hydrogens is 396 g/mol. The lowest BCUT2D eigenvalue weighted by Crippen LogP contribution is -2.29. The lowest BCUT2D eigenvalue weighted by atomic mass is 10.1. The molecule has 1 heterocycles. The smallest absolute Gasteiger partial charge is 0.241 e. The molecule has 104 valence electrons. The third kappa shape index (κ3) is 4.13. The van der Waals surface area contributed by atoms with Crippen LogP contribution in [0.4, 0.5) is 0 Å². The van der Waals surface area contributed by atoms with E-state index >= 15 is 0 Å². The molecule has 19 heavy (non-hydrogen) atoms.